The predicted octanol–water partition coefficient (Wildman–Crippen LogP) is 3.44. The smallest absolute Gasteiger partial charge is 0.414 e. The Bertz CT molecular complexity index is 745. The Morgan fingerprint density at radius 3 is 2.50 bits per heavy atom. The van der Waals surface area contributed by atoms with Crippen molar-refractivity contribution >= 4 is 29.4 Å². The van der Waals surface area contributed by atoms with Gasteiger partial charge in [-0.15, -0.1) is 0 Å². The van der Waals surface area contributed by atoms with Crippen LogP contribution in [0.4, 0.5) is 10.5 Å². The summed E-state index contributed by atoms with van der Waals surface area (Å²) in [6.07, 6.45) is -0.848. The molecule has 1 N–H and O–H groups in total. The number of nitrogens with zero attached hydrogens (tertiary/aromatic N) is 1. The van der Waals surface area contributed by atoms with E-state index in [0.717, 1.165) is 0 Å². The zero-order valence-electron chi connectivity index (χ0n) is 12.5. The van der Waals surface area contributed by atoms with Crippen LogP contribution in [0.2, 0.25) is 5.02 Å². The van der Waals surface area contributed by atoms with Gasteiger partial charge < -0.3 is 14.6 Å². The molecule has 3 rings (SSSR count). The van der Waals surface area contributed by atoms with E-state index in [1.165, 1.54) is 17.0 Å². The van der Waals surface area contributed by atoms with Gasteiger partial charge in [0.25, 0.3) is 0 Å². The van der Waals surface area contributed by atoms with E-state index in [1.807, 2.05) is 0 Å². The van der Waals surface area contributed by atoms with E-state index in [0.29, 0.717) is 23.0 Å². The van der Waals surface area contributed by atoms with Crippen LogP contribution in [0.5, 0.6) is 5.75 Å². The van der Waals surface area contributed by atoms with Crippen LogP contribution in [-0.2, 0) is 4.74 Å². The molecule has 0 saturated carbocycles. The number of halogens is 1. The first-order chi connectivity index (χ1) is 11.5. The molecule has 0 aliphatic carbocycles. The second kappa shape index (κ2) is 6.80. The predicted molar refractivity (Wildman–Crippen MR) is 88.0 cm³/mol. The highest BCUT2D eigenvalue weighted by Crippen LogP contribution is 2.24. The number of aromatic carboxylic acids is 1. The van der Waals surface area contributed by atoms with E-state index in [4.69, 9.17) is 26.2 Å². The number of ether oxygens (including phenoxy) is 2. The molecule has 0 aromatic heterocycles. The van der Waals surface area contributed by atoms with Crippen LogP contribution in [0.3, 0.4) is 0 Å². The Hall–Kier alpha value is -2.73. The van der Waals surface area contributed by atoms with Crippen molar-refractivity contribution in [3.8, 4) is 5.75 Å². The highest BCUT2D eigenvalue weighted by Gasteiger charge is 2.32. The molecule has 2 aromatic rings. The molecular formula is C17H14ClNO5. The van der Waals surface area contributed by atoms with Crippen molar-refractivity contribution in [1.29, 1.82) is 0 Å². The van der Waals surface area contributed by atoms with E-state index in [1.54, 1.807) is 36.4 Å². The van der Waals surface area contributed by atoms with Crippen LogP contribution >= 0.6 is 11.6 Å². The molecule has 1 aliphatic rings. The Morgan fingerprint density at radius 1 is 1.21 bits per heavy atom. The molecule has 7 heteroatoms. The fourth-order valence-electron chi connectivity index (χ4n) is 2.32. The summed E-state index contributed by atoms with van der Waals surface area (Å²) in [7, 11) is 0. The summed E-state index contributed by atoms with van der Waals surface area (Å²) in [5, 5.41) is 9.44. The summed E-state index contributed by atoms with van der Waals surface area (Å²) in [6, 6.07) is 13.0. The first-order valence-electron chi connectivity index (χ1n) is 7.23. The molecule has 1 atom stereocenters. The highest BCUT2D eigenvalue weighted by atomic mass is 35.5. The fraction of sp³-hybridized carbons (Fsp3) is 0.176. The van der Waals surface area contributed by atoms with Crippen molar-refractivity contribution in [3.05, 3.63) is 59.1 Å². The lowest BCUT2D eigenvalue weighted by Gasteiger charge is -2.13. The van der Waals surface area contributed by atoms with Gasteiger partial charge in [-0.2, -0.15) is 0 Å². The second-order valence-corrected chi connectivity index (χ2v) is 5.67. The maximum absolute atomic E-state index is 12.0. The minimum absolute atomic E-state index is 0.183. The summed E-state index contributed by atoms with van der Waals surface area (Å²) in [5.74, 6) is -0.481. The number of carboxylic acid groups (broad SMARTS) is 1. The Morgan fingerprint density at radius 2 is 1.88 bits per heavy atom. The van der Waals surface area contributed by atoms with Crippen LogP contribution in [0.1, 0.15) is 10.4 Å². The van der Waals surface area contributed by atoms with Gasteiger partial charge >= 0.3 is 12.1 Å². The SMILES string of the molecule is O=C(O)c1ccc(OCC2CN(c3ccc(Cl)cc3)C(=O)O2)cc1. The number of carboxylic acids is 1. The molecule has 0 bridgehead atoms. The maximum Gasteiger partial charge on any atom is 0.414 e. The van der Waals surface area contributed by atoms with Crippen LogP contribution < -0.4 is 9.64 Å². The summed E-state index contributed by atoms with van der Waals surface area (Å²) in [4.78, 5) is 24.3. The maximum atomic E-state index is 12.0. The zero-order valence-corrected chi connectivity index (χ0v) is 13.3. The number of carbonyl (C=O) groups excluding carboxylic acids is 1. The van der Waals surface area contributed by atoms with Gasteiger partial charge in [-0.1, -0.05) is 11.6 Å². The lowest BCUT2D eigenvalue weighted by molar-refractivity contribution is 0.0696. The molecule has 24 heavy (non-hydrogen) atoms. The van der Waals surface area contributed by atoms with Crippen molar-refractivity contribution in [3.63, 3.8) is 0 Å². The molecule has 1 unspecified atom stereocenters. The highest BCUT2D eigenvalue weighted by molar-refractivity contribution is 6.30. The third-order valence-corrected chi connectivity index (χ3v) is 3.80. The van der Waals surface area contributed by atoms with Crippen LogP contribution in [0, 0.1) is 0 Å². The average molecular weight is 348 g/mol. The van der Waals surface area contributed by atoms with Crippen molar-refractivity contribution in [1.82, 2.24) is 0 Å². The Balaban J connectivity index is 1.58. The molecule has 1 aliphatic heterocycles. The molecular weight excluding hydrogens is 334 g/mol. The van der Waals surface area contributed by atoms with E-state index in [-0.39, 0.29) is 12.2 Å². The number of anilines is 1. The van der Waals surface area contributed by atoms with Gasteiger partial charge in [0.05, 0.1) is 12.1 Å². The van der Waals surface area contributed by atoms with Gasteiger partial charge in [0, 0.05) is 10.7 Å². The van der Waals surface area contributed by atoms with Gasteiger partial charge in [0.2, 0.25) is 0 Å². The molecule has 0 radical (unpaired) electrons. The molecule has 124 valence electrons. The van der Waals surface area contributed by atoms with Gasteiger partial charge in [0.1, 0.15) is 12.4 Å². The van der Waals surface area contributed by atoms with Gasteiger partial charge in [-0.05, 0) is 48.5 Å². The van der Waals surface area contributed by atoms with Gasteiger partial charge in [0.15, 0.2) is 6.10 Å². The molecule has 1 saturated heterocycles. The monoisotopic (exact) mass is 347 g/mol. The number of hydrogen-bond donors (Lipinski definition) is 1. The van der Waals surface area contributed by atoms with Gasteiger partial charge in [-0.25, -0.2) is 9.59 Å². The third kappa shape index (κ3) is 3.60. The second-order valence-electron chi connectivity index (χ2n) is 5.23. The number of hydrogen-bond acceptors (Lipinski definition) is 4. The van der Waals surface area contributed by atoms with Crippen LogP contribution in [0.15, 0.2) is 48.5 Å². The van der Waals surface area contributed by atoms with Gasteiger partial charge in [-0.3, -0.25) is 4.90 Å². The summed E-state index contributed by atoms with van der Waals surface area (Å²) in [6.45, 7) is 0.552. The molecule has 1 heterocycles. The Labute approximate surface area is 143 Å². The molecule has 1 amide bonds. The summed E-state index contributed by atoms with van der Waals surface area (Å²) >= 11 is 5.84. The number of carbonyl (C=O) groups is 2. The number of rotatable bonds is 5. The fourth-order valence-corrected chi connectivity index (χ4v) is 2.45. The topological polar surface area (TPSA) is 76.1 Å². The molecule has 1 fully saturated rings. The number of cyclic esters (lactones) is 1. The number of benzene rings is 2. The van der Waals surface area contributed by atoms with Crippen molar-refractivity contribution < 1.29 is 24.2 Å². The minimum atomic E-state index is -0.995. The van der Waals surface area contributed by atoms with E-state index in [2.05, 4.69) is 0 Å². The van der Waals surface area contributed by atoms with Crippen molar-refractivity contribution in [2.24, 2.45) is 0 Å². The third-order valence-electron chi connectivity index (χ3n) is 3.55. The first-order valence-corrected chi connectivity index (χ1v) is 7.60. The average Bonchev–Trinajstić information content (AvgIpc) is 2.95. The van der Waals surface area contributed by atoms with E-state index in [9.17, 15) is 9.59 Å². The molecule has 6 nitrogen and oxygen atoms in total. The first kappa shape index (κ1) is 16.1. The quantitative estimate of drug-likeness (QED) is 0.896. The van der Waals surface area contributed by atoms with Crippen molar-refractivity contribution in [2.75, 3.05) is 18.1 Å². The van der Waals surface area contributed by atoms with E-state index < -0.39 is 18.2 Å². The normalized spacial score (nSPS) is 16.8. The lowest BCUT2D eigenvalue weighted by Crippen LogP contribution is -2.26. The van der Waals surface area contributed by atoms with Crippen molar-refractivity contribution in [2.45, 2.75) is 6.10 Å². The van der Waals surface area contributed by atoms with Crippen LogP contribution in [-0.4, -0.2) is 36.4 Å². The molecule has 2 aromatic carbocycles. The zero-order chi connectivity index (χ0) is 17.1. The van der Waals surface area contributed by atoms with Crippen LogP contribution in [0.25, 0.3) is 0 Å². The summed E-state index contributed by atoms with van der Waals surface area (Å²) in [5.41, 5.74) is 0.890. The largest absolute Gasteiger partial charge is 0.490 e. The number of amides is 1. The summed E-state index contributed by atoms with van der Waals surface area (Å²) < 4.78 is 10.8. The van der Waals surface area contributed by atoms with E-state index >= 15 is 0 Å². The Kier molecular flexibility index (Phi) is 4.57. The minimum Gasteiger partial charge on any atom is -0.490 e. The lowest BCUT2D eigenvalue weighted by atomic mass is 10.2. The standard InChI is InChI=1S/C17H14ClNO5/c18-12-3-5-13(6-4-12)19-9-15(24-17(19)22)10-23-14-7-1-11(2-8-14)16(20)21/h1-8,15H,9-10H2,(H,20,21). The molecule has 0 spiro atoms.